The molecule has 5 rings (SSSR count). The first kappa shape index (κ1) is 25.3. The summed E-state index contributed by atoms with van der Waals surface area (Å²) in [5.74, 6) is 1.81. The van der Waals surface area contributed by atoms with Crippen LogP contribution in [0.5, 0.6) is 5.75 Å². The molecular formula is C27H34N4O6. The van der Waals surface area contributed by atoms with E-state index >= 15 is 0 Å². The summed E-state index contributed by atoms with van der Waals surface area (Å²) >= 11 is 0. The summed E-state index contributed by atoms with van der Waals surface area (Å²) in [7, 11) is 0. The maximum atomic E-state index is 12.9. The quantitative estimate of drug-likeness (QED) is 0.588. The highest BCUT2D eigenvalue weighted by molar-refractivity contribution is 5.98. The van der Waals surface area contributed by atoms with Gasteiger partial charge in [0.15, 0.2) is 18.2 Å². The fourth-order valence-electron chi connectivity index (χ4n) is 5.19. The van der Waals surface area contributed by atoms with Gasteiger partial charge in [0, 0.05) is 45.1 Å². The van der Waals surface area contributed by atoms with E-state index in [9.17, 15) is 14.4 Å². The van der Waals surface area contributed by atoms with Gasteiger partial charge in [0.25, 0.3) is 11.8 Å². The third kappa shape index (κ3) is 5.49. The SMILES string of the molecule is Cc1ccc2c(c1)N(CCCC(=O)N1CCC(c3nc(C(=O)N4CCOCC4)c(C)o3)CC1)C(=O)CO2. The summed E-state index contributed by atoms with van der Waals surface area (Å²) in [5, 5.41) is 0. The number of nitrogens with zero attached hydrogens (tertiary/aromatic N) is 4. The van der Waals surface area contributed by atoms with Gasteiger partial charge in [-0.1, -0.05) is 6.07 Å². The van der Waals surface area contributed by atoms with Crippen LogP contribution in [-0.4, -0.2) is 85.0 Å². The summed E-state index contributed by atoms with van der Waals surface area (Å²) in [6.45, 7) is 7.71. The summed E-state index contributed by atoms with van der Waals surface area (Å²) < 4.78 is 16.8. The first-order valence-corrected chi connectivity index (χ1v) is 13.1. The maximum absolute atomic E-state index is 12.9. The number of aromatic nitrogens is 1. The van der Waals surface area contributed by atoms with Crippen molar-refractivity contribution in [2.75, 3.05) is 57.4 Å². The van der Waals surface area contributed by atoms with E-state index in [1.807, 2.05) is 30.0 Å². The largest absolute Gasteiger partial charge is 0.482 e. The minimum absolute atomic E-state index is 0.0254. The van der Waals surface area contributed by atoms with Crippen LogP contribution in [0.4, 0.5) is 5.69 Å². The van der Waals surface area contributed by atoms with Crippen LogP contribution in [0.3, 0.4) is 0 Å². The number of hydrogen-bond donors (Lipinski definition) is 0. The highest BCUT2D eigenvalue weighted by Gasteiger charge is 2.31. The molecule has 0 radical (unpaired) electrons. The van der Waals surface area contributed by atoms with E-state index in [1.54, 1.807) is 16.7 Å². The number of rotatable bonds is 6. The lowest BCUT2D eigenvalue weighted by Crippen LogP contribution is -2.41. The van der Waals surface area contributed by atoms with Crippen LogP contribution in [0, 0.1) is 13.8 Å². The van der Waals surface area contributed by atoms with Crippen molar-refractivity contribution >= 4 is 23.4 Å². The van der Waals surface area contributed by atoms with Crippen LogP contribution in [0.1, 0.15) is 59.3 Å². The van der Waals surface area contributed by atoms with E-state index in [1.165, 1.54) is 0 Å². The number of benzene rings is 1. The molecule has 1 aromatic heterocycles. The number of amides is 3. The number of carbonyl (C=O) groups excluding carboxylic acids is 3. The number of fused-ring (bicyclic) bond motifs is 1. The normalized spacial score (nSPS) is 18.5. The second kappa shape index (κ2) is 10.9. The Morgan fingerprint density at radius 2 is 1.81 bits per heavy atom. The molecule has 0 bridgehead atoms. The molecule has 3 amide bonds. The van der Waals surface area contributed by atoms with Crippen molar-refractivity contribution in [3.8, 4) is 5.75 Å². The molecule has 37 heavy (non-hydrogen) atoms. The molecule has 0 spiro atoms. The molecule has 198 valence electrons. The number of ether oxygens (including phenoxy) is 2. The molecule has 3 aliphatic rings. The van der Waals surface area contributed by atoms with Crippen molar-refractivity contribution in [1.29, 1.82) is 0 Å². The lowest BCUT2D eigenvalue weighted by atomic mass is 9.96. The summed E-state index contributed by atoms with van der Waals surface area (Å²) in [5.41, 5.74) is 2.21. The fourth-order valence-corrected chi connectivity index (χ4v) is 5.19. The molecule has 1 aromatic carbocycles. The van der Waals surface area contributed by atoms with Crippen LogP contribution < -0.4 is 9.64 Å². The van der Waals surface area contributed by atoms with Crippen molar-refractivity contribution in [1.82, 2.24) is 14.8 Å². The number of morpholine rings is 1. The number of aryl methyl sites for hydroxylation is 2. The molecule has 0 saturated carbocycles. The van der Waals surface area contributed by atoms with Crippen molar-refractivity contribution in [2.45, 2.75) is 45.4 Å². The van der Waals surface area contributed by atoms with E-state index in [-0.39, 0.29) is 30.2 Å². The van der Waals surface area contributed by atoms with E-state index in [0.29, 0.717) is 81.9 Å². The molecule has 0 unspecified atom stereocenters. The van der Waals surface area contributed by atoms with Crippen LogP contribution in [-0.2, 0) is 14.3 Å². The molecule has 2 aromatic rings. The number of hydrogen-bond acceptors (Lipinski definition) is 7. The number of piperidine rings is 1. The van der Waals surface area contributed by atoms with Gasteiger partial charge in [-0.25, -0.2) is 4.98 Å². The van der Waals surface area contributed by atoms with Gasteiger partial charge in [0.2, 0.25) is 5.91 Å². The van der Waals surface area contributed by atoms with Gasteiger partial charge in [-0.05, 0) is 50.8 Å². The van der Waals surface area contributed by atoms with Crippen LogP contribution in [0.2, 0.25) is 0 Å². The van der Waals surface area contributed by atoms with Crippen LogP contribution >= 0.6 is 0 Å². The Balaban J connectivity index is 1.11. The van der Waals surface area contributed by atoms with Gasteiger partial charge in [0.1, 0.15) is 11.5 Å². The smallest absolute Gasteiger partial charge is 0.276 e. The molecule has 4 heterocycles. The highest BCUT2D eigenvalue weighted by Crippen LogP contribution is 2.33. The van der Waals surface area contributed by atoms with E-state index in [2.05, 4.69) is 4.98 Å². The van der Waals surface area contributed by atoms with Crippen molar-refractivity contribution < 1.29 is 28.3 Å². The predicted octanol–water partition coefficient (Wildman–Crippen LogP) is 2.68. The van der Waals surface area contributed by atoms with Gasteiger partial charge in [-0.15, -0.1) is 0 Å². The van der Waals surface area contributed by atoms with E-state index in [4.69, 9.17) is 13.9 Å². The van der Waals surface area contributed by atoms with Gasteiger partial charge in [-0.2, -0.15) is 0 Å². The fraction of sp³-hybridized carbons (Fsp3) is 0.556. The van der Waals surface area contributed by atoms with Crippen molar-refractivity contribution in [3.05, 3.63) is 41.1 Å². The number of anilines is 1. The minimum Gasteiger partial charge on any atom is -0.482 e. The molecule has 0 atom stereocenters. The van der Waals surface area contributed by atoms with Gasteiger partial charge in [0.05, 0.1) is 18.9 Å². The Labute approximate surface area is 216 Å². The number of oxazole rings is 1. The standard InChI is InChI=1S/C27H34N4O6/c1-18-5-6-22-21(16-18)31(24(33)17-36-22)9-3-4-23(32)29-10-7-20(8-11-29)26-28-25(19(2)37-26)27(34)30-12-14-35-15-13-30/h5-6,16,20H,3-4,7-15,17H2,1-2H3. The second-order valence-electron chi connectivity index (χ2n) is 9.93. The third-order valence-electron chi connectivity index (χ3n) is 7.34. The monoisotopic (exact) mass is 510 g/mol. The Morgan fingerprint density at radius 3 is 2.57 bits per heavy atom. The Morgan fingerprint density at radius 1 is 1.05 bits per heavy atom. The zero-order valence-electron chi connectivity index (χ0n) is 21.5. The molecular weight excluding hydrogens is 476 g/mol. The topological polar surface area (TPSA) is 105 Å². The average Bonchev–Trinajstić information content (AvgIpc) is 3.31. The molecule has 10 heteroatoms. The van der Waals surface area contributed by atoms with Gasteiger partial charge in [-0.3, -0.25) is 14.4 Å². The first-order chi connectivity index (χ1) is 17.9. The number of likely N-dealkylation sites (tertiary alicyclic amines) is 1. The zero-order valence-corrected chi connectivity index (χ0v) is 21.5. The highest BCUT2D eigenvalue weighted by atomic mass is 16.5. The molecule has 0 aliphatic carbocycles. The first-order valence-electron chi connectivity index (χ1n) is 13.1. The third-order valence-corrected chi connectivity index (χ3v) is 7.34. The second-order valence-corrected chi connectivity index (χ2v) is 9.93. The van der Waals surface area contributed by atoms with E-state index < -0.39 is 0 Å². The van der Waals surface area contributed by atoms with Crippen molar-refractivity contribution in [3.63, 3.8) is 0 Å². The molecule has 2 fully saturated rings. The Kier molecular flexibility index (Phi) is 7.45. The van der Waals surface area contributed by atoms with Crippen LogP contribution in [0.15, 0.2) is 22.6 Å². The molecule has 2 saturated heterocycles. The van der Waals surface area contributed by atoms with Gasteiger partial charge >= 0.3 is 0 Å². The zero-order chi connectivity index (χ0) is 25.9. The lowest BCUT2D eigenvalue weighted by molar-refractivity contribution is -0.132. The summed E-state index contributed by atoms with van der Waals surface area (Å²) in [6.07, 6.45) is 2.45. The van der Waals surface area contributed by atoms with E-state index in [0.717, 1.165) is 24.1 Å². The Bertz CT molecular complexity index is 1160. The lowest BCUT2D eigenvalue weighted by Gasteiger charge is -2.32. The maximum Gasteiger partial charge on any atom is 0.276 e. The molecule has 3 aliphatic heterocycles. The molecule has 10 nitrogen and oxygen atoms in total. The van der Waals surface area contributed by atoms with Gasteiger partial charge < -0.3 is 28.6 Å². The summed E-state index contributed by atoms with van der Waals surface area (Å²) in [6, 6.07) is 5.79. The summed E-state index contributed by atoms with van der Waals surface area (Å²) in [4.78, 5) is 48.1. The average molecular weight is 511 g/mol. The Hall–Kier alpha value is -3.40. The predicted molar refractivity (Wildman–Crippen MR) is 135 cm³/mol. The number of carbonyl (C=O) groups is 3. The molecule has 0 N–H and O–H groups in total. The van der Waals surface area contributed by atoms with Crippen LogP contribution in [0.25, 0.3) is 0 Å². The minimum atomic E-state index is -0.111. The van der Waals surface area contributed by atoms with Crippen molar-refractivity contribution in [2.24, 2.45) is 0 Å².